The predicted molar refractivity (Wildman–Crippen MR) is 93.8 cm³/mol. The Morgan fingerprint density at radius 2 is 1.96 bits per heavy atom. The quantitative estimate of drug-likeness (QED) is 0.621. The molecule has 0 saturated carbocycles. The van der Waals surface area contributed by atoms with E-state index in [-0.39, 0.29) is 24.1 Å². The Bertz CT molecular complexity index is 744. The van der Waals surface area contributed by atoms with Gasteiger partial charge in [0.15, 0.2) is 0 Å². The first-order valence-corrected chi connectivity index (χ1v) is 9.08. The molecule has 8 nitrogen and oxygen atoms in total. The molecule has 3 amide bonds. The third-order valence-corrected chi connectivity index (χ3v) is 5.29. The molecule has 0 bridgehead atoms. The molecule has 3 aliphatic heterocycles. The molecule has 1 aromatic rings. The summed E-state index contributed by atoms with van der Waals surface area (Å²) >= 11 is 0. The highest BCUT2D eigenvalue weighted by Crippen LogP contribution is 2.29. The van der Waals surface area contributed by atoms with Crippen molar-refractivity contribution in [2.75, 3.05) is 26.2 Å². The molecule has 138 valence electrons. The fourth-order valence-electron chi connectivity index (χ4n) is 3.84. The van der Waals surface area contributed by atoms with Crippen molar-refractivity contribution in [2.45, 2.75) is 32.0 Å². The summed E-state index contributed by atoms with van der Waals surface area (Å²) in [6.45, 7) is 4.87. The first-order chi connectivity index (χ1) is 12.6. The lowest BCUT2D eigenvalue weighted by molar-refractivity contribution is -0.136. The van der Waals surface area contributed by atoms with Crippen molar-refractivity contribution in [1.82, 2.24) is 26.0 Å². The molecule has 4 rings (SSSR count). The average Bonchev–Trinajstić information content (AvgIpc) is 2.98. The Morgan fingerprint density at radius 1 is 1.15 bits per heavy atom. The minimum Gasteiger partial charge on any atom is -0.322 e. The SMILES string of the molecule is O=C1CCC(N2Cc3c(CNN4CCNCC4)cccc3C2=O)C(=O)N1. The fraction of sp³-hybridized carbons (Fsp3) is 0.500. The highest BCUT2D eigenvalue weighted by Gasteiger charge is 2.39. The van der Waals surface area contributed by atoms with Gasteiger partial charge < -0.3 is 10.2 Å². The average molecular weight is 357 g/mol. The number of piperazine rings is 1. The smallest absolute Gasteiger partial charge is 0.255 e. The molecule has 3 aliphatic rings. The zero-order valence-corrected chi connectivity index (χ0v) is 14.6. The number of amides is 3. The van der Waals surface area contributed by atoms with E-state index in [0.29, 0.717) is 25.1 Å². The largest absolute Gasteiger partial charge is 0.322 e. The maximum Gasteiger partial charge on any atom is 0.255 e. The van der Waals surface area contributed by atoms with Crippen LogP contribution in [0.15, 0.2) is 18.2 Å². The minimum atomic E-state index is -0.568. The molecule has 0 spiro atoms. The van der Waals surface area contributed by atoms with E-state index in [4.69, 9.17) is 0 Å². The van der Waals surface area contributed by atoms with Crippen LogP contribution in [0, 0.1) is 0 Å². The first-order valence-electron chi connectivity index (χ1n) is 9.08. The molecule has 1 aromatic carbocycles. The van der Waals surface area contributed by atoms with Crippen molar-refractivity contribution in [3.8, 4) is 0 Å². The third kappa shape index (κ3) is 3.23. The van der Waals surface area contributed by atoms with Gasteiger partial charge in [-0.3, -0.25) is 25.1 Å². The summed E-state index contributed by atoms with van der Waals surface area (Å²) in [5.41, 5.74) is 6.14. The molecule has 1 atom stereocenters. The van der Waals surface area contributed by atoms with Crippen LogP contribution in [-0.2, 0) is 22.7 Å². The van der Waals surface area contributed by atoms with E-state index < -0.39 is 6.04 Å². The molecule has 2 fully saturated rings. The Morgan fingerprint density at radius 3 is 2.73 bits per heavy atom. The van der Waals surface area contributed by atoms with Crippen LogP contribution in [0.5, 0.6) is 0 Å². The number of hydrogen-bond donors (Lipinski definition) is 3. The monoisotopic (exact) mass is 357 g/mol. The number of imide groups is 1. The van der Waals surface area contributed by atoms with Gasteiger partial charge in [0.2, 0.25) is 11.8 Å². The number of hydrazine groups is 1. The van der Waals surface area contributed by atoms with Crippen molar-refractivity contribution in [3.63, 3.8) is 0 Å². The van der Waals surface area contributed by atoms with E-state index in [1.165, 1.54) is 0 Å². The normalized spacial score (nSPS) is 23.9. The van der Waals surface area contributed by atoms with Crippen LogP contribution in [0.4, 0.5) is 0 Å². The van der Waals surface area contributed by atoms with Gasteiger partial charge in [0.05, 0.1) is 0 Å². The van der Waals surface area contributed by atoms with E-state index in [9.17, 15) is 14.4 Å². The van der Waals surface area contributed by atoms with Gasteiger partial charge in [0.25, 0.3) is 5.91 Å². The summed E-state index contributed by atoms with van der Waals surface area (Å²) in [5, 5.41) is 7.84. The Kier molecular flexibility index (Phi) is 4.71. The lowest BCUT2D eigenvalue weighted by Crippen LogP contribution is -2.52. The van der Waals surface area contributed by atoms with Gasteiger partial charge in [0, 0.05) is 51.3 Å². The Hall–Kier alpha value is -2.29. The number of hydrogen-bond acceptors (Lipinski definition) is 6. The second-order valence-corrected chi connectivity index (χ2v) is 6.92. The summed E-state index contributed by atoms with van der Waals surface area (Å²) in [6.07, 6.45) is 0.659. The highest BCUT2D eigenvalue weighted by atomic mass is 16.2. The number of nitrogens with zero attached hydrogens (tertiary/aromatic N) is 2. The maximum atomic E-state index is 12.8. The number of nitrogens with one attached hydrogen (secondary N) is 3. The van der Waals surface area contributed by atoms with Crippen molar-refractivity contribution in [3.05, 3.63) is 34.9 Å². The number of rotatable bonds is 4. The zero-order chi connectivity index (χ0) is 18.1. The molecule has 2 saturated heterocycles. The zero-order valence-electron chi connectivity index (χ0n) is 14.6. The lowest BCUT2D eigenvalue weighted by Gasteiger charge is -2.29. The first kappa shape index (κ1) is 17.1. The number of piperidine rings is 1. The van der Waals surface area contributed by atoms with Gasteiger partial charge in [0.1, 0.15) is 6.04 Å². The maximum absolute atomic E-state index is 12.8. The van der Waals surface area contributed by atoms with E-state index in [0.717, 1.165) is 37.3 Å². The van der Waals surface area contributed by atoms with Crippen LogP contribution in [0.1, 0.15) is 34.3 Å². The molecular weight excluding hydrogens is 334 g/mol. The number of carbonyl (C=O) groups excluding carboxylic acids is 3. The highest BCUT2D eigenvalue weighted by molar-refractivity contribution is 6.05. The van der Waals surface area contributed by atoms with Crippen LogP contribution in [0.2, 0.25) is 0 Å². The molecule has 3 N–H and O–H groups in total. The summed E-state index contributed by atoms with van der Waals surface area (Å²) in [7, 11) is 0. The second kappa shape index (κ2) is 7.14. The molecular formula is C18H23N5O3. The van der Waals surface area contributed by atoms with Crippen molar-refractivity contribution in [2.24, 2.45) is 0 Å². The van der Waals surface area contributed by atoms with Crippen LogP contribution in [0.25, 0.3) is 0 Å². The summed E-state index contributed by atoms with van der Waals surface area (Å²) in [4.78, 5) is 37.9. The third-order valence-electron chi connectivity index (χ3n) is 5.29. The number of benzene rings is 1. The Balaban J connectivity index is 1.48. The van der Waals surface area contributed by atoms with Crippen LogP contribution in [-0.4, -0.2) is 59.9 Å². The van der Waals surface area contributed by atoms with E-state index >= 15 is 0 Å². The molecule has 0 radical (unpaired) electrons. The summed E-state index contributed by atoms with van der Waals surface area (Å²) < 4.78 is 0. The fourth-order valence-corrected chi connectivity index (χ4v) is 3.84. The topological polar surface area (TPSA) is 93.8 Å². The number of fused-ring (bicyclic) bond motifs is 1. The molecule has 0 aliphatic carbocycles. The van der Waals surface area contributed by atoms with Crippen LogP contribution < -0.4 is 16.1 Å². The predicted octanol–water partition coefficient (Wildman–Crippen LogP) is -0.643. The lowest BCUT2D eigenvalue weighted by atomic mass is 10.0. The summed E-state index contributed by atoms with van der Waals surface area (Å²) in [5.74, 6) is -0.766. The molecule has 0 aromatic heterocycles. The van der Waals surface area contributed by atoms with E-state index in [1.54, 1.807) is 4.90 Å². The van der Waals surface area contributed by atoms with Crippen molar-refractivity contribution < 1.29 is 14.4 Å². The molecule has 8 heteroatoms. The Labute approximate surface area is 151 Å². The van der Waals surface area contributed by atoms with Gasteiger partial charge in [-0.05, 0) is 23.6 Å². The van der Waals surface area contributed by atoms with Gasteiger partial charge >= 0.3 is 0 Å². The van der Waals surface area contributed by atoms with Gasteiger partial charge in [-0.25, -0.2) is 5.01 Å². The van der Waals surface area contributed by atoms with E-state index in [1.807, 2.05) is 18.2 Å². The summed E-state index contributed by atoms with van der Waals surface area (Å²) in [6, 6.07) is 5.16. The van der Waals surface area contributed by atoms with Gasteiger partial charge in [-0.2, -0.15) is 0 Å². The molecule has 26 heavy (non-hydrogen) atoms. The second-order valence-electron chi connectivity index (χ2n) is 6.92. The minimum absolute atomic E-state index is 0.126. The number of carbonyl (C=O) groups is 3. The van der Waals surface area contributed by atoms with Gasteiger partial charge in [-0.1, -0.05) is 12.1 Å². The van der Waals surface area contributed by atoms with Crippen molar-refractivity contribution in [1.29, 1.82) is 0 Å². The van der Waals surface area contributed by atoms with Gasteiger partial charge in [-0.15, -0.1) is 0 Å². The molecule has 1 unspecified atom stereocenters. The van der Waals surface area contributed by atoms with Crippen molar-refractivity contribution >= 4 is 17.7 Å². The van der Waals surface area contributed by atoms with E-state index in [2.05, 4.69) is 21.1 Å². The van der Waals surface area contributed by atoms with Crippen LogP contribution in [0.3, 0.4) is 0 Å². The standard InChI is InChI=1S/C18H23N5O3/c24-16-5-4-15(17(25)21-16)23-11-14-12(2-1-3-13(14)18(23)26)10-20-22-8-6-19-7-9-22/h1-3,15,19-20H,4-11H2,(H,21,24,25). The molecule has 3 heterocycles. The van der Waals surface area contributed by atoms with Crippen LogP contribution >= 0.6 is 0 Å².